The molecule has 0 radical (unpaired) electrons. The van der Waals surface area contributed by atoms with Crippen LogP contribution in [-0.2, 0) is 4.79 Å². The number of nitrogens with zero attached hydrogens (tertiary/aromatic N) is 1. The first-order chi connectivity index (χ1) is 6.83. The Bertz CT molecular complexity index is 313. The van der Waals surface area contributed by atoms with E-state index in [0.29, 0.717) is 12.3 Å². The number of amides is 1. The fourth-order valence-electron chi connectivity index (χ4n) is 1.47. The number of rotatable bonds is 3. The summed E-state index contributed by atoms with van der Waals surface area (Å²) >= 11 is 3.29. The van der Waals surface area contributed by atoms with Gasteiger partial charge in [-0.15, -0.1) is 23.1 Å². The summed E-state index contributed by atoms with van der Waals surface area (Å²) in [4.78, 5) is 14.4. The molecule has 1 fully saturated rings. The van der Waals surface area contributed by atoms with Crippen LogP contribution in [0.5, 0.6) is 0 Å². The van der Waals surface area contributed by atoms with Crippen LogP contribution in [0.1, 0.15) is 10.3 Å². The van der Waals surface area contributed by atoms with Gasteiger partial charge >= 0.3 is 0 Å². The first kappa shape index (κ1) is 10.0. The standard InChI is InChI=1S/C9H11NO2S2/c11-4-3-10-8(12)6-14-9(10)7-2-1-5-13-7/h1-2,5,9,11H,3-4,6H2. The average Bonchev–Trinajstić information content (AvgIpc) is 2.77. The van der Waals surface area contributed by atoms with E-state index in [0.717, 1.165) is 0 Å². The van der Waals surface area contributed by atoms with Gasteiger partial charge in [0, 0.05) is 11.4 Å². The van der Waals surface area contributed by atoms with Gasteiger partial charge < -0.3 is 10.0 Å². The highest BCUT2D eigenvalue weighted by Gasteiger charge is 2.32. The molecule has 1 atom stereocenters. The largest absolute Gasteiger partial charge is 0.395 e. The number of aliphatic hydroxyl groups is 1. The van der Waals surface area contributed by atoms with Crippen molar-refractivity contribution in [3.63, 3.8) is 0 Å². The quantitative estimate of drug-likeness (QED) is 0.849. The molecule has 0 aliphatic carbocycles. The Morgan fingerprint density at radius 1 is 1.64 bits per heavy atom. The minimum atomic E-state index is 0.0359. The molecule has 14 heavy (non-hydrogen) atoms. The van der Waals surface area contributed by atoms with Crippen molar-refractivity contribution < 1.29 is 9.90 Å². The van der Waals surface area contributed by atoms with E-state index in [2.05, 4.69) is 0 Å². The van der Waals surface area contributed by atoms with Crippen molar-refractivity contribution in [3.8, 4) is 0 Å². The molecule has 2 heterocycles. The van der Waals surface area contributed by atoms with Crippen molar-refractivity contribution in [3.05, 3.63) is 22.4 Å². The van der Waals surface area contributed by atoms with E-state index in [1.165, 1.54) is 4.88 Å². The molecule has 1 aliphatic heterocycles. The lowest BCUT2D eigenvalue weighted by Crippen LogP contribution is -2.30. The summed E-state index contributed by atoms with van der Waals surface area (Å²) in [5.41, 5.74) is 0. The van der Waals surface area contributed by atoms with Gasteiger partial charge in [0.05, 0.1) is 12.4 Å². The number of aliphatic hydroxyl groups excluding tert-OH is 1. The van der Waals surface area contributed by atoms with Gasteiger partial charge in [-0.3, -0.25) is 4.79 Å². The van der Waals surface area contributed by atoms with E-state index in [1.807, 2.05) is 17.5 Å². The van der Waals surface area contributed by atoms with Gasteiger partial charge in [-0.2, -0.15) is 0 Å². The summed E-state index contributed by atoms with van der Waals surface area (Å²) in [6.45, 7) is 0.475. The molecule has 0 bridgehead atoms. The maximum Gasteiger partial charge on any atom is 0.233 e. The number of thioether (sulfide) groups is 1. The molecule has 76 valence electrons. The zero-order chi connectivity index (χ0) is 9.97. The van der Waals surface area contributed by atoms with Crippen LogP contribution < -0.4 is 0 Å². The smallest absolute Gasteiger partial charge is 0.233 e. The van der Waals surface area contributed by atoms with Gasteiger partial charge in [0.2, 0.25) is 5.91 Å². The maximum atomic E-state index is 11.5. The second-order valence-electron chi connectivity index (χ2n) is 2.99. The van der Waals surface area contributed by atoms with E-state index in [-0.39, 0.29) is 17.9 Å². The molecular formula is C9H11NO2S2. The van der Waals surface area contributed by atoms with E-state index < -0.39 is 0 Å². The minimum Gasteiger partial charge on any atom is -0.395 e. The van der Waals surface area contributed by atoms with E-state index in [4.69, 9.17) is 5.11 Å². The highest BCUT2D eigenvalue weighted by molar-refractivity contribution is 8.00. The SMILES string of the molecule is O=C1CSC(c2cccs2)N1CCO. The van der Waals surface area contributed by atoms with Gasteiger partial charge in [0.15, 0.2) is 0 Å². The molecule has 1 amide bonds. The normalized spacial score (nSPS) is 21.9. The predicted octanol–water partition coefficient (Wildman–Crippen LogP) is 1.31. The molecule has 1 unspecified atom stereocenters. The van der Waals surface area contributed by atoms with E-state index in [1.54, 1.807) is 28.0 Å². The lowest BCUT2D eigenvalue weighted by Gasteiger charge is -2.21. The molecule has 5 heteroatoms. The number of β-amino-alcohol motifs (C(OH)–C–C–N with tert-alkyl or cyclic N) is 1. The predicted molar refractivity (Wildman–Crippen MR) is 58.3 cm³/mol. The molecule has 1 aliphatic rings. The van der Waals surface area contributed by atoms with E-state index >= 15 is 0 Å². The lowest BCUT2D eigenvalue weighted by atomic mass is 10.4. The molecule has 0 saturated carbocycles. The maximum absolute atomic E-state index is 11.5. The van der Waals surface area contributed by atoms with Crippen LogP contribution in [0.4, 0.5) is 0 Å². The number of carbonyl (C=O) groups is 1. The van der Waals surface area contributed by atoms with Gasteiger partial charge in [-0.25, -0.2) is 0 Å². The molecule has 1 aromatic rings. The average molecular weight is 229 g/mol. The summed E-state index contributed by atoms with van der Waals surface area (Å²) in [5.74, 6) is 0.658. The topological polar surface area (TPSA) is 40.5 Å². The molecule has 1 saturated heterocycles. The van der Waals surface area contributed by atoms with Crippen molar-refractivity contribution in [2.45, 2.75) is 5.37 Å². The minimum absolute atomic E-state index is 0.0359. The highest BCUT2D eigenvalue weighted by atomic mass is 32.2. The number of thiophene rings is 1. The van der Waals surface area contributed by atoms with Gasteiger partial charge in [0.25, 0.3) is 0 Å². The monoisotopic (exact) mass is 229 g/mol. The summed E-state index contributed by atoms with van der Waals surface area (Å²) in [5, 5.41) is 11.0. The molecule has 1 N–H and O–H groups in total. The van der Waals surface area contributed by atoms with Crippen LogP contribution >= 0.6 is 23.1 Å². The van der Waals surface area contributed by atoms with Crippen molar-refractivity contribution in [2.75, 3.05) is 18.9 Å². The Morgan fingerprint density at radius 2 is 2.50 bits per heavy atom. The summed E-state index contributed by atoms with van der Waals surface area (Å²) in [6.07, 6.45) is 0. The van der Waals surface area contributed by atoms with Crippen LogP contribution in [0.15, 0.2) is 17.5 Å². The van der Waals surface area contributed by atoms with Crippen LogP contribution in [0.2, 0.25) is 0 Å². The van der Waals surface area contributed by atoms with Gasteiger partial charge in [-0.05, 0) is 11.4 Å². The second kappa shape index (κ2) is 4.33. The molecule has 3 nitrogen and oxygen atoms in total. The van der Waals surface area contributed by atoms with Gasteiger partial charge in [0.1, 0.15) is 5.37 Å². The molecule has 1 aromatic heterocycles. The van der Waals surface area contributed by atoms with Gasteiger partial charge in [-0.1, -0.05) is 6.07 Å². The molecule has 2 rings (SSSR count). The molecule has 0 spiro atoms. The summed E-state index contributed by atoms with van der Waals surface area (Å²) in [7, 11) is 0. The Hall–Kier alpha value is -0.520. The van der Waals surface area contributed by atoms with E-state index in [9.17, 15) is 4.79 Å². The fourth-order valence-corrected chi connectivity index (χ4v) is 3.67. The zero-order valence-electron chi connectivity index (χ0n) is 7.55. The van der Waals surface area contributed by atoms with Crippen molar-refractivity contribution in [1.29, 1.82) is 0 Å². The Morgan fingerprint density at radius 3 is 3.14 bits per heavy atom. The van der Waals surface area contributed by atoms with Crippen LogP contribution in [0.3, 0.4) is 0 Å². The summed E-state index contributed by atoms with van der Waals surface area (Å²) < 4.78 is 0. The van der Waals surface area contributed by atoms with Crippen LogP contribution in [-0.4, -0.2) is 34.8 Å². The Kier molecular flexibility index (Phi) is 3.10. The number of hydrogen-bond acceptors (Lipinski definition) is 4. The third-order valence-electron chi connectivity index (χ3n) is 2.10. The zero-order valence-corrected chi connectivity index (χ0v) is 9.18. The van der Waals surface area contributed by atoms with Crippen molar-refractivity contribution in [1.82, 2.24) is 4.90 Å². The molecular weight excluding hydrogens is 218 g/mol. The van der Waals surface area contributed by atoms with Crippen LogP contribution in [0.25, 0.3) is 0 Å². The third-order valence-corrected chi connectivity index (χ3v) is 4.41. The highest BCUT2D eigenvalue weighted by Crippen LogP contribution is 2.40. The Balaban J connectivity index is 2.15. The first-order valence-corrected chi connectivity index (χ1v) is 6.31. The van der Waals surface area contributed by atoms with Crippen molar-refractivity contribution in [2.24, 2.45) is 0 Å². The number of hydrogen-bond donors (Lipinski definition) is 1. The Labute approximate surface area is 90.7 Å². The van der Waals surface area contributed by atoms with Crippen LogP contribution in [0, 0.1) is 0 Å². The summed E-state index contributed by atoms with van der Waals surface area (Å²) in [6, 6.07) is 4.02. The van der Waals surface area contributed by atoms with Crippen molar-refractivity contribution >= 4 is 29.0 Å². The lowest BCUT2D eigenvalue weighted by molar-refractivity contribution is -0.128. The number of carbonyl (C=O) groups excluding carboxylic acids is 1. The second-order valence-corrected chi connectivity index (χ2v) is 5.04. The first-order valence-electron chi connectivity index (χ1n) is 4.38. The molecule has 0 aromatic carbocycles. The third kappa shape index (κ3) is 1.80. The fraction of sp³-hybridized carbons (Fsp3) is 0.444.